The number of carbonyl (C=O) groups is 1. The van der Waals surface area contributed by atoms with Crippen LogP contribution < -0.4 is 5.73 Å². The Labute approximate surface area is 150 Å². The monoisotopic (exact) mass is 375 g/mol. The van der Waals surface area contributed by atoms with Gasteiger partial charge in [0.15, 0.2) is 5.78 Å². The standard InChI is InChI=1S/C15H18ClN3O2S.ClH/c1-3-9(2)13(17)14-18-19-15(21-14)22-8-12(20)10-4-6-11(16)7-5-10;/h4-7,9,13H,3,8,17H2,1-2H3;1H. The first kappa shape index (κ1) is 20.0. The molecule has 0 bridgehead atoms. The van der Waals surface area contributed by atoms with Gasteiger partial charge in [-0.1, -0.05) is 43.6 Å². The maximum absolute atomic E-state index is 12.0. The lowest BCUT2D eigenvalue weighted by Gasteiger charge is -2.13. The Morgan fingerprint density at radius 3 is 2.61 bits per heavy atom. The molecule has 0 saturated carbocycles. The fourth-order valence-corrected chi connectivity index (χ4v) is 2.55. The zero-order valence-electron chi connectivity index (χ0n) is 12.9. The van der Waals surface area contributed by atoms with Crippen LogP contribution in [0.1, 0.15) is 42.6 Å². The van der Waals surface area contributed by atoms with E-state index in [1.54, 1.807) is 24.3 Å². The van der Waals surface area contributed by atoms with Crippen LogP contribution in [-0.4, -0.2) is 21.7 Å². The molecule has 1 heterocycles. The van der Waals surface area contributed by atoms with Crippen molar-refractivity contribution >= 4 is 41.6 Å². The number of Topliss-reactive ketones (excluding diaryl/α,β-unsaturated/α-hetero) is 1. The fourth-order valence-electron chi connectivity index (χ4n) is 1.76. The molecule has 2 atom stereocenters. The Balaban J connectivity index is 0.00000264. The van der Waals surface area contributed by atoms with E-state index in [4.69, 9.17) is 21.8 Å². The van der Waals surface area contributed by atoms with Crippen LogP contribution in [0.2, 0.25) is 5.02 Å². The first-order valence-electron chi connectivity index (χ1n) is 7.01. The molecule has 0 radical (unpaired) electrons. The average molecular weight is 376 g/mol. The molecule has 0 spiro atoms. The summed E-state index contributed by atoms with van der Waals surface area (Å²) in [7, 11) is 0. The number of halogens is 2. The van der Waals surface area contributed by atoms with Crippen LogP contribution in [0.4, 0.5) is 0 Å². The molecular formula is C15H19Cl2N3O2S. The number of thioether (sulfide) groups is 1. The van der Waals surface area contributed by atoms with Gasteiger partial charge >= 0.3 is 0 Å². The molecule has 0 aliphatic rings. The summed E-state index contributed by atoms with van der Waals surface area (Å²) in [6, 6.07) is 6.50. The highest BCUT2D eigenvalue weighted by atomic mass is 35.5. The third kappa shape index (κ3) is 5.49. The van der Waals surface area contributed by atoms with Gasteiger partial charge in [0.05, 0.1) is 11.8 Å². The van der Waals surface area contributed by atoms with Crippen molar-refractivity contribution in [2.24, 2.45) is 11.7 Å². The summed E-state index contributed by atoms with van der Waals surface area (Å²) in [5.74, 6) is 0.874. The maximum atomic E-state index is 12.0. The second kappa shape index (κ2) is 9.27. The van der Waals surface area contributed by atoms with Crippen molar-refractivity contribution in [3.63, 3.8) is 0 Å². The van der Waals surface area contributed by atoms with Gasteiger partial charge in [-0.25, -0.2) is 0 Å². The van der Waals surface area contributed by atoms with Crippen molar-refractivity contribution in [2.75, 3.05) is 5.75 Å². The molecule has 0 saturated heterocycles. The molecule has 0 fully saturated rings. The van der Waals surface area contributed by atoms with Crippen LogP contribution >= 0.6 is 35.8 Å². The lowest BCUT2D eigenvalue weighted by Crippen LogP contribution is -2.18. The van der Waals surface area contributed by atoms with Crippen LogP contribution in [0.15, 0.2) is 33.9 Å². The second-order valence-corrected chi connectivity index (χ2v) is 6.40. The number of hydrogen-bond acceptors (Lipinski definition) is 6. The zero-order valence-corrected chi connectivity index (χ0v) is 15.2. The lowest BCUT2D eigenvalue weighted by atomic mass is 10.0. The van der Waals surface area contributed by atoms with E-state index in [0.717, 1.165) is 6.42 Å². The molecular weight excluding hydrogens is 357 g/mol. The Kier molecular flexibility index (Phi) is 8.05. The van der Waals surface area contributed by atoms with Crippen LogP contribution in [-0.2, 0) is 0 Å². The van der Waals surface area contributed by atoms with E-state index in [0.29, 0.717) is 21.7 Å². The van der Waals surface area contributed by atoms with Gasteiger partial charge in [0.2, 0.25) is 5.89 Å². The fraction of sp³-hybridized carbons (Fsp3) is 0.400. The first-order valence-corrected chi connectivity index (χ1v) is 8.38. The quantitative estimate of drug-likeness (QED) is 0.577. The van der Waals surface area contributed by atoms with E-state index in [2.05, 4.69) is 17.1 Å². The third-order valence-electron chi connectivity index (χ3n) is 3.46. The van der Waals surface area contributed by atoms with E-state index in [9.17, 15) is 4.79 Å². The van der Waals surface area contributed by atoms with Gasteiger partial charge in [-0.15, -0.1) is 22.6 Å². The largest absolute Gasteiger partial charge is 0.414 e. The molecule has 126 valence electrons. The Hall–Kier alpha value is -1.08. The molecule has 2 rings (SSSR count). The number of rotatable bonds is 7. The predicted octanol–water partition coefficient (Wildman–Crippen LogP) is 4.17. The second-order valence-electron chi connectivity index (χ2n) is 5.04. The van der Waals surface area contributed by atoms with Gasteiger partial charge in [0.25, 0.3) is 5.22 Å². The van der Waals surface area contributed by atoms with E-state index >= 15 is 0 Å². The molecule has 1 aromatic carbocycles. The van der Waals surface area contributed by atoms with Crippen molar-refractivity contribution in [2.45, 2.75) is 31.5 Å². The molecule has 0 aliphatic heterocycles. The van der Waals surface area contributed by atoms with E-state index in [1.807, 2.05) is 6.92 Å². The molecule has 1 aromatic heterocycles. The summed E-state index contributed by atoms with van der Waals surface area (Å²) in [5.41, 5.74) is 6.64. The van der Waals surface area contributed by atoms with Crippen molar-refractivity contribution in [3.8, 4) is 0 Å². The normalized spacial score (nSPS) is 13.2. The van der Waals surface area contributed by atoms with Gasteiger partial charge in [-0.3, -0.25) is 4.79 Å². The smallest absolute Gasteiger partial charge is 0.277 e. The number of benzene rings is 1. The van der Waals surface area contributed by atoms with Crippen molar-refractivity contribution < 1.29 is 9.21 Å². The number of nitrogens with zero attached hydrogens (tertiary/aromatic N) is 2. The number of ketones is 1. The van der Waals surface area contributed by atoms with Gasteiger partial charge in [0.1, 0.15) is 0 Å². The van der Waals surface area contributed by atoms with E-state index in [-0.39, 0.29) is 35.9 Å². The summed E-state index contributed by atoms with van der Waals surface area (Å²) in [6.07, 6.45) is 0.932. The SMILES string of the molecule is CCC(C)C(N)c1nnc(SCC(=O)c2ccc(Cl)cc2)o1.Cl. The summed E-state index contributed by atoms with van der Waals surface area (Å²) >= 11 is 7.00. The van der Waals surface area contributed by atoms with Gasteiger partial charge in [-0.05, 0) is 30.2 Å². The predicted molar refractivity (Wildman–Crippen MR) is 94.4 cm³/mol. The van der Waals surface area contributed by atoms with Crippen LogP contribution in [0, 0.1) is 5.92 Å². The molecule has 23 heavy (non-hydrogen) atoms. The molecule has 8 heteroatoms. The number of aromatic nitrogens is 2. The average Bonchev–Trinajstić information content (AvgIpc) is 3.00. The highest BCUT2D eigenvalue weighted by Crippen LogP contribution is 2.24. The van der Waals surface area contributed by atoms with Gasteiger partial charge < -0.3 is 10.2 Å². The summed E-state index contributed by atoms with van der Waals surface area (Å²) in [4.78, 5) is 12.0. The van der Waals surface area contributed by atoms with E-state index < -0.39 is 0 Å². The summed E-state index contributed by atoms with van der Waals surface area (Å²) < 4.78 is 5.52. The molecule has 2 N–H and O–H groups in total. The van der Waals surface area contributed by atoms with Crippen LogP contribution in [0.5, 0.6) is 0 Å². The highest BCUT2D eigenvalue weighted by Gasteiger charge is 2.20. The number of hydrogen-bond donors (Lipinski definition) is 1. The molecule has 2 aromatic rings. The van der Waals surface area contributed by atoms with Gasteiger partial charge in [-0.2, -0.15) is 0 Å². The zero-order chi connectivity index (χ0) is 16.1. The Morgan fingerprint density at radius 1 is 1.35 bits per heavy atom. The molecule has 0 amide bonds. The van der Waals surface area contributed by atoms with Crippen molar-refractivity contribution in [3.05, 3.63) is 40.7 Å². The van der Waals surface area contributed by atoms with E-state index in [1.165, 1.54) is 11.8 Å². The number of carbonyl (C=O) groups excluding carboxylic acids is 1. The molecule has 5 nitrogen and oxygen atoms in total. The molecule has 0 aliphatic carbocycles. The minimum Gasteiger partial charge on any atom is -0.414 e. The highest BCUT2D eigenvalue weighted by molar-refractivity contribution is 7.99. The minimum atomic E-state index is -0.279. The minimum absolute atomic E-state index is 0. The van der Waals surface area contributed by atoms with Crippen molar-refractivity contribution in [1.82, 2.24) is 10.2 Å². The lowest BCUT2D eigenvalue weighted by molar-refractivity contribution is 0.102. The topological polar surface area (TPSA) is 82.0 Å². The van der Waals surface area contributed by atoms with Crippen LogP contribution in [0.25, 0.3) is 0 Å². The molecule has 2 unspecified atom stereocenters. The maximum Gasteiger partial charge on any atom is 0.277 e. The third-order valence-corrected chi connectivity index (χ3v) is 4.53. The first-order chi connectivity index (χ1) is 10.5. The summed E-state index contributed by atoms with van der Waals surface area (Å²) in [5, 5.41) is 8.84. The Bertz CT molecular complexity index is 634. The Morgan fingerprint density at radius 2 is 2.00 bits per heavy atom. The van der Waals surface area contributed by atoms with Crippen molar-refractivity contribution in [1.29, 1.82) is 0 Å². The number of nitrogens with two attached hydrogens (primary N) is 1. The summed E-state index contributed by atoms with van der Waals surface area (Å²) in [6.45, 7) is 4.09. The van der Waals surface area contributed by atoms with Gasteiger partial charge in [0, 0.05) is 10.6 Å². The van der Waals surface area contributed by atoms with Crippen LogP contribution in [0.3, 0.4) is 0 Å².